The number of nitrogens with zero attached hydrogens (tertiary/aromatic N) is 3. The minimum Gasteiger partial charge on any atom is -0.379 e. The third-order valence-electron chi connectivity index (χ3n) is 3.67. The van der Waals surface area contributed by atoms with Gasteiger partial charge in [0.1, 0.15) is 6.04 Å². The topological polar surface area (TPSA) is 68.6 Å². The molecular weight excluding hydrogens is 244 g/mol. The molecule has 6 nitrogen and oxygen atoms in total. The zero-order valence-electron chi connectivity index (χ0n) is 11.5. The molecule has 2 atom stereocenters. The van der Waals surface area contributed by atoms with E-state index in [9.17, 15) is 4.79 Å². The van der Waals surface area contributed by atoms with E-state index in [0.717, 1.165) is 45.9 Å². The molecule has 19 heavy (non-hydrogen) atoms. The zero-order chi connectivity index (χ0) is 13.7. The highest BCUT2D eigenvalue weighted by molar-refractivity contribution is 5.83. The van der Waals surface area contributed by atoms with Crippen molar-refractivity contribution < 1.29 is 9.53 Å². The molecule has 0 aromatic heterocycles. The Bertz CT molecular complexity index is 349. The maximum atomic E-state index is 12.2. The van der Waals surface area contributed by atoms with E-state index in [2.05, 4.69) is 23.2 Å². The predicted octanol–water partition coefficient (Wildman–Crippen LogP) is -0.579. The van der Waals surface area contributed by atoms with Gasteiger partial charge in [-0.1, -0.05) is 0 Å². The maximum absolute atomic E-state index is 12.2. The van der Waals surface area contributed by atoms with Crippen molar-refractivity contribution in [2.24, 2.45) is 0 Å². The van der Waals surface area contributed by atoms with Crippen LogP contribution in [0, 0.1) is 11.3 Å². The molecule has 6 heteroatoms. The monoisotopic (exact) mass is 266 g/mol. The number of morpholine rings is 1. The van der Waals surface area contributed by atoms with Gasteiger partial charge in [0.05, 0.1) is 25.7 Å². The quantitative estimate of drug-likeness (QED) is 0.737. The van der Waals surface area contributed by atoms with Crippen LogP contribution in [0.5, 0.6) is 0 Å². The van der Waals surface area contributed by atoms with Crippen LogP contribution in [0.25, 0.3) is 0 Å². The van der Waals surface area contributed by atoms with Gasteiger partial charge in [0.15, 0.2) is 0 Å². The van der Waals surface area contributed by atoms with Crippen molar-refractivity contribution >= 4 is 5.91 Å². The Kier molecular flexibility index (Phi) is 5.14. The van der Waals surface area contributed by atoms with Crippen molar-refractivity contribution in [1.29, 1.82) is 5.26 Å². The second kappa shape index (κ2) is 6.85. The SMILES string of the molecule is CC1CN(CCN2CCOCC2)C(=O)C(CC#N)N1. The number of rotatable bonds is 4. The van der Waals surface area contributed by atoms with Crippen molar-refractivity contribution in [1.82, 2.24) is 15.1 Å². The van der Waals surface area contributed by atoms with E-state index in [1.165, 1.54) is 0 Å². The number of nitriles is 1. The molecule has 2 heterocycles. The summed E-state index contributed by atoms with van der Waals surface area (Å²) in [5, 5.41) is 11.9. The van der Waals surface area contributed by atoms with Crippen molar-refractivity contribution in [3.05, 3.63) is 0 Å². The molecule has 2 aliphatic rings. The smallest absolute Gasteiger partial charge is 0.240 e. The number of piperazine rings is 1. The fourth-order valence-corrected chi connectivity index (χ4v) is 2.63. The largest absolute Gasteiger partial charge is 0.379 e. The van der Waals surface area contributed by atoms with Gasteiger partial charge in [-0.05, 0) is 6.92 Å². The lowest BCUT2D eigenvalue weighted by atomic mass is 10.1. The molecule has 0 spiro atoms. The lowest BCUT2D eigenvalue weighted by Gasteiger charge is -2.37. The molecule has 1 N–H and O–H groups in total. The Labute approximate surface area is 114 Å². The van der Waals surface area contributed by atoms with Crippen LogP contribution in [0.1, 0.15) is 13.3 Å². The van der Waals surface area contributed by atoms with Crippen molar-refractivity contribution in [2.75, 3.05) is 45.9 Å². The molecule has 2 rings (SSSR count). The fraction of sp³-hybridized carbons (Fsp3) is 0.846. The molecule has 0 aromatic carbocycles. The molecule has 2 fully saturated rings. The number of nitrogens with one attached hydrogen (secondary N) is 1. The minimum atomic E-state index is -0.335. The van der Waals surface area contributed by atoms with Crippen LogP contribution in [0.2, 0.25) is 0 Å². The minimum absolute atomic E-state index is 0.0629. The molecule has 0 aromatic rings. The number of amides is 1. The van der Waals surface area contributed by atoms with Gasteiger partial charge in [0.2, 0.25) is 5.91 Å². The van der Waals surface area contributed by atoms with E-state index in [1.54, 1.807) is 0 Å². The van der Waals surface area contributed by atoms with Gasteiger partial charge in [0, 0.05) is 38.8 Å². The van der Waals surface area contributed by atoms with E-state index in [-0.39, 0.29) is 24.4 Å². The summed E-state index contributed by atoms with van der Waals surface area (Å²) in [6, 6.07) is 1.99. The molecule has 106 valence electrons. The summed E-state index contributed by atoms with van der Waals surface area (Å²) >= 11 is 0. The summed E-state index contributed by atoms with van der Waals surface area (Å²) in [6.45, 7) is 7.86. The summed E-state index contributed by atoms with van der Waals surface area (Å²) in [6.07, 6.45) is 0.247. The Balaban J connectivity index is 1.83. The first-order chi connectivity index (χ1) is 9.20. The Morgan fingerprint density at radius 2 is 2.16 bits per heavy atom. The van der Waals surface area contributed by atoms with Crippen LogP contribution < -0.4 is 5.32 Å². The molecule has 0 radical (unpaired) electrons. The van der Waals surface area contributed by atoms with Crippen molar-refractivity contribution in [3.63, 3.8) is 0 Å². The molecule has 2 aliphatic heterocycles. The Hall–Kier alpha value is -1.16. The average molecular weight is 266 g/mol. The molecule has 0 bridgehead atoms. The fourth-order valence-electron chi connectivity index (χ4n) is 2.63. The lowest BCUT2D eigenvalue weighted by molar-refractivity contribution is -0.137. The Morgan fingerprint density at radius 3 is 2.84 bits per heavy atom. The predicted molar refractivity (Wildman–Crippen MR) is 70.5 cm³/mol. The van der Waals surface area contributed by atoms with Gasteiger partial charge >= 0.3 is 0 Å². The first-order valence-electron chi connectivity index (χ1n) is 6.92. The average Bonchev–Trinajstić information content (AvgIpc) is 2.42. The Morgan fingerprint density at radius 1 is 1.42 bits per heavy atom. The van der Waals surface area contributed by atoms with Gasteiger partial charge in [-0.25, -0.2) is 0 Å². The summed E-state index contributed by atoms with van der Waals surface area (Å²) < 4.78 is 5.31. The third-order valence-corrected chi connectivity index (χ3v) is 3.67. The molecule has 2 unspecified atom stereocenters. The van der Waals surface area contributed by atoms with Gasteiger partial charge in [-0.2, -0.15) is 5.26 Å². The standard InChI is InChI=1S/C13H22N4O2/c1-11-10-17(13(18)12(15-11)2-3-14)5-4-16-6-8-19-9-7-16/h11-12,15H,2,4-10H2,1H3. The van der Waals surface area contributed by atoms with Crippen molar-refractivity contribution in [3.8, 4) is 6.07 Å². The summed E-state index contributed by atoms with van der Waals surface area (Å²) in [4.78, 5) is 16.4. The van der Waals surface area contributed by atoms with Crippen LogP contribution >= 0.6 is 0 Å². The number of hydrogen-bond acceptors (Lipinski definition) is 5. The second-order valence-electron chi connectivity index (χ2n) is 5.22. The first kappa shape index (κ1) is 14.3. The summed E-state index contributed by atoms with van der Waals surface area (Å²) in [5.74, 6) is 0.0629. The van der Waals surface area contributed by atoms with Crippen LogP contribution in [0.3, 0.4) is 0 Å². The molecular formula is C13H22N4O2. The number of hydrogen-bond donors (Lipinski definition) is 1. The summed E-state index contributed by atoms with van der Waals surface area (Å²) in [7, 11) is 0. The second-order valence-corrected chi connectivity index (χ2v) is 5.22. The summed E-state index contributed by atoms with van der Waals surface area (Å²) in [5.41, 5.74) is 0. The van der Waals surface area contributed by atoms with Gasteiger partial charge in [0.25, 0.3) is 0 Å². The number of ether oxygens (including phenoxy) is 1. The van der Waals surface area contributed by atoms with E-state index in [1.807, 2.05) is 4.90 Å². The zero-order valence-corrected chi connectivity index (χ0v) is 11.5. The molecule has 0 saturated carbocycles. The highest BCUT2D eigenvalue weighted by Gasteiger charge is 2.31. The first-order valence-corrected chi connectivity index (χ1v) is 6.92. The van der Waals surface area contributed by atoms with Gasteiger partial charge < -0.3 is 15.0 Å². The van der Waals surface area contributed by atoms with Crippen LogP contribution in [0.4, 0.5) is 0 Å². The lowest BCUT2D eigenvalue weighted by Crippen LogP contribution is -2.60. The normalized spacial score (nSPS) is 29.3. The van der Waals surface area contributed by atoms with Crippen LogP contribution in [-0.2, 0) is 9.53 Å². The number of carbonyl (C=O) groups is 1. The molecule has 2 saturated heterocycles. The van der Waals surface area contributed by atoms with E-state index < -0.39 is 0 Å². The third kappa shape index (κ3) is 3.90. The van der Waals surface area contributed by atoms with E-state index >= 15 is 0 Å². The number of carbonyl (C=O) groups excluding carboxylic acids is 1. The molecule has 0 aliphatic carbocycles. The molecule has 1 amide bonds. The highest BCUT2D eigenvalue weighted by atomic mass is 16.5. The van der Waals surface area contributed by atoms with Crippen molar-refractivity contribution in [2.45, 2.75) is 25.4 Å². The maximum Gasteiger partial charge on any atom is 0.240 e. The van der Waals surface area contributed by atoms with E-state index in [4.69, 9.17) is 10.00 Å². The van der Waals surface area contributed by atoms with Crippen LogP contribution in [-0.4, -0.2) is 73.7 Å². The van der Waals surface area contributed by atoms with E-state index in [0.29, 0.717) is 0 Å². The highest BCUT2D eigenvalue weighted by Crippen LogP contribution is 2.09. The van der Waals surface area contributed by atoms with Crippen LogP contribution in [0.15, 0.2) is 0 Å². The van der Waals surface area contributed by atoms with Gasteiger partial charge in [-0.15, -0.1) is 0 Å². The van der Waals surface area contributed by atoms with Gasteiger partial charge in [-0.3, -0.25) is 9.69 Å².